The average molecular weight is 126 g/mol. The van der Waals surface area contributed by atoms with Gasteiger partial charge in [-0.15, -0.1) is 6.61 Å². The van der Waals surface area contributed by atoms with Crippen LogP contribution >= 0.6 is 0 Å². The fraction of sp³-hybridized carbons (Fsp3) is 0.750. The van der Waals surface area contributed by atoms with Gasteiger partial charge in [-0.05, 0) is 0 Å². The molecule has 0 bridgehead atoms. The van der Waals surface area contributed by atoms with Gasteiger partial charge in [-0.3, -0.25) is 4.79 Å². The molecule has 0 saturated carbocycles. The molecule has 0 aromatic carbocycles. The summed E-state index contributed by atoms with van der Waals surface area (Å²) >= 11 is 0. The zero-order valence-corrected chi connectivity index (χ0v) is 7.14. The summed E-state index contributed by atoms with van der Waals surface area (Å²) < 4.78 is 4.15. The largest absolute Gasteiger partial charge is 1.00 e. The van der Waals surface area contributed by atoms with E-state index in [0.29, 0.717) is 0 Å². The molecule has 0 saturated heterocycles. The Kier molecular flexibility index (Phi) is 10.5. The van der Waals surface area contributed by atoms with Gasteiger partial charge < -0.3 is 9.84 Å². The van der Waals surface area contributed by atoms with E-state index in [1.165, 1.54) is 7.11 Å². The molecule has 0 heterocycles. The summed E-state index contributed by atoms with van der Waals surface area (Å²) in [5.74, 6) is -0.435. The molecular formula is C4H7NaO3. The standard InChI is InChI=1S/C4H7O3.Na/c1-7-4(6)2-3-5;/h2-3H2,1H3;/q-1;+1. The number of carbonyl (C=O) groups excluding carboxylic acids is 1. The first-order valence-electron chi connectivity index (χ1n) is 1.96. The quantitative estimate of drug-likeness (QED) is 0.279. The molecular weight excluding hydrogens is 119 g/mol. The maximum atomic E-state index is 9.99. The van der Waals surface area contributed by atoms with Crippen molar-refractivity contribution in [2.75, 3.05) is 13.7 Å². The molecule has 0 aromatic heterocycles. The van der Waals surface area contributed by atoms with Gasteiger partial charge in [0, 0.05) is 6.42 Å². The first-order valence-corrected chi connectivity index (χ1v) is 1.96. The van der Waals surface area contributed by atoms with Crippen LogP contribution < -0.4 is 34.7 Å². The van der Waals surface area contributed by atoms with Crippen molar-refractivity contribution in [1.82, 2.24) is 0 Å². The normalized spacial score (nSPS) is 7.25. The number of rotatable bonds is 2. The summed E-state index contributed by atoms with van der Waals surface area (Å²) in [6, 6.07) is 0. The smallest absolute Gasteiger partial charge is 0.854 e. The van der Waals surface area contributed by atoms with Gasteiger partial charge in [-0.1, -0.05) is 0 Å². The van der Waals surface area contributed by atoms with Gasteiger partial charge in [0.05, 0.1) is 7.11 Å². The van der Waals surface area contributed by atoms with E-state index < -0.39 is 5.97 Å². The summed E-state index contributed by atoms with van der Waals surface area (Å²) in [6.07, 6.45) is -0.0174. The minimum absolute atomic E-state index is 0. The summed E-state index contributed by atoms with van der Waals surface area (Å²) in [7, 11) is 1.26. The number of methoxy groups -OCH3 is 1. The SMILES string of the molecule is COC(=O)CC[O-].[Na+]. The van der Waals surface area contributed by atoms with Crippen molar-refractivity contribution in [3.63, 3.8) is 0 Å². The van der Waals surface area contributed by atoms with Gasteiger partial charge in [-0.2, -0.15) is 0 Å². The molecule has 8 heavy (non-hydrogen) atoms. The second kappa shape index (κ2) is 7.43. The molecule has 0 aromatic rings. The Balaban J connectivity index is 0. The van der Waals surface area contributed by atoms with Crippen LogP contribution in [0.2, 0.25) is 0 Å². The van der Waals surface area contributed by atoms with Gasteiger partial charge >= 0.3 is 35.5 Å². The molecule has 0 aliphatic carbocycles. The Morgan fingerprint density at radius 3 is 2.38 bits per heavy atom. The molecule has 0 spiro atoms. The van der Waals surface area contributed by atoms with Crippen LogP contribution in [0.5, 0.6) is 0 Å². The molecule has 0 atom stereocenters. The van der Waals surface area contributed by atoms with Crippen molar-refractivity contribution in [3.05, 3.63) is 0 Å². The van der Waals surface area contributed by atoms with Crippen molar-refractivity contribution in [2.24, 2.45) is 0 Å². The van der Waals surface area contributed by atoms with Crippen molar-refractivity contribution in [1.29, 1.82) is 0 Å². The van der Waals surface area contributed by atoms with E-state index in [1.807, 2.05) is 0 Å². The van der Waals surface area contributed by atoms with E-state index in [4.69, 9.17) is 0 Å². The zero-order valence-electron chi connectivity index (χ0n) is 5.14. The van der Waals surface area contributed by atoms with Gasteiger partial charge in [-0.25, -0.2) is 0 Å². The van der Waals surface area contributed by atoms with Gasteiger partial charge in [0.25, 0.3) is 0 Å². The Morgan fingerprint density at radius 2 is 2.25 bits per heavy atom. The Morgan fingerprint density at radius 1 is 1.75 bits per heavy atom. The molecule has 0 N–H and O–H groups in total. The van der Waals surface area contributed by atoms with Crippen LogP contribution in [0.4, 0.5) is 0 Å². The van der Waals surface area contributed by atoms with Crippen molar-refractivity contribution >= 4 is 5.97 Å². The van der Waals surface area contributed by atoms with Crippen LogP contribution in [0.15, 0.2) is 0 Å². The Labute approximate surface area is 70.3 Å². The van der Waals surface area contributed by atoms with E-state index in [1.54, 1.807) is 0 Å². The van der Waals surface area contributed by atoms with Gasteiger partial charge in [0.15, 0.2) is 0 Å². The number of esters is 1. The molecule has 0 aliphatic rings. The third kappa shape index (κ3) is 6.43. The third-order valence-electron chi connectivity index (χ3n) is 0.534. The molecule has 4 heteroatoms. The van der Waals surface area contributed by atoms with Crippen LogP contribution in [0, 0.1) is 0 Å². The number of ether oxygens (including phenoxy) is 1. The molecule has 0 aliphatic heterocycles. The minimum atomic E-state index is -0.435. The topological polar surface area (TPSA) is 49.4 Å². The van der Waals surface area contributed by atoms with Crippen LogP contribution in [0.1, 0.15) is 6.42 Å². The number of hydrogen-bond donors (Lipinski definition) is 0. The van der Waals surface area contributed by atoms with E-state index >= 15 is 0 Å². The fourth-order valence-corrected chi connectivity index (χ4v) is 0.185. The third-order valence-corrected chi connectivity index (χ3v) is 0.534. The maximum absolute atomic E-state index is 9.99. The van der Waals surface area contributed by atoms with Crippen LogP contribution in [-0.4, -0.2) is 19.7 Å². The molecule has 0 fully saturated rings. The summed E-state index contributed by atoms with van der Waals surface area (Å²) in [4.78, 5) is 9.99. The first kappa shape index (κ1) is 11.3. The molecule has 42 valence electrons. The zero-order chi connectivity index (χ0) is 5.70. The molecule has 0 rings (SSSR count). The predicted molar refractivity (Wildman–Crippen MR) is 21.5 cm³/mol. The van der Waals surface area contributed by atoms with Crippen molar-refractivity contribution in [3.8, 4) is 0 Å². The maximum Gasteiger partial charge on any atom is 1.00 e. The fourth-order valence-electron chi connectivity index (χ4n) is 0.185. The molecule has 0 unspecified atom stereocenters. The number of carbonyl (C=O) groups is 1. The summed E-state index contributed by atoms with van der Waals surface area (Å²) in [5, 5.41) is 9.60. The minimum Gasteiger partial charge on any atom is -0.854 e. The number of hydrogen-bond acceptors (Lipinski definition) is 3. The summed E-state index contributed by atoms with van der Waals surface area (Å²) in [6.45, 7) is -0.382. The van der Waals surface area contributed by atoms with Gasteiger partial charge in [0.1, 0.15) is 0 Å². The average Bonchev–Trinajstić information content (AvgIpc) is 1.68. The van der Waals surface area contributed by atoms with E-state index in [9.17, 15) is 9.90 Å². The summed E-state index contributed by atoms with van der Waals surface area (Å²) in [5.41, 5.74) is 0. The van der Waals surface area contributed by atoms with Crippen LogP contribution in [-0.2, 0) is 9.53 Å². The predicted octanol–water partition coefficient (Wildman–Crippen LogP) is -4.09. The Bertz CT molecular complexity index is 64.3. The van der Waals surface area contributed by atoms with Crippen LogP contribution in [0.25, 0.3) is 0 Å². The van der Waals surface area contributed by atoms with Crippen LogP contribution in [0.3, 0.4) is 0 Å². The second-order valence-electron chi connectivity index (χ2n) is 1.03. The van der Waals surface area contributed by atoms with Crippen molar-refractivity contribution < 1.29 is 44.2 Å². The van der Waals surface area contributed by atoms with Gasteiger partial charge in [0.2, 0.25) is 0 Å². The molecule has 3 nitrogen and oxygen atoms in total. The van der Waals surface area contributed by atoms with E-state index in [-0.39, 0.29) is 42.6 Å². The van der Waals surface area contributed by atoms with E-state index in [0.717, 1.165) is 0 Å². The van der Waals surface area contributed by atoms with E-state index in [2.05, 4.69) is 4.74 Å². The first-order chi connectivity index (χ1) is 3.31. The molecule has 0 radical (unpaired) electrons. The monoisotopic (exact) mass is 126 g/mol. The second-order valence-corrected chi connectivity index (χ2v) is 1.03. The Hall–Kier alpha value is 0.430. The molecule has 0 amide bonds. The van der Waals surface area contributed by atoms with Crippen molar-refractivity contribution in [2.45, 2.75) is 6.42 Å².